The van der Waals surface area contributed by atoms with Gasteiger partial charge in [0, 0.05) is 0 Å². The van der Waals surface area contributed by atoms with Crippen molar-refractivity contribution in [2.75, 3.05) is 13.2 Å². The number of amides is 1. The molecule has 1 atom stereocenters. The van der Waals surface area contributed by atoms with Crippen molar-refractivity contribution < 1.29 is 14.6 Å². The molecule has 1 aromatic carbocycles. The summed E-state index contributed by atoms with van der Waals surface area (Å²) in [7, 11) is 0. The smallest absolute Gasteiger partial charge is 0.258 e. The van der Waals surface area contributed by atoms with E-state index in [4.69, 9.17) is 4.74 Å². The van der Waals surface area contributed by atoms with Gasteiger partial charge in [0.2, 0.25) is 0 Å². The van der Waals surface area contributed by atoms with Crippen LogP contribution in [0.5, 0.6) is 5.75 Å². The van der Waals surface area contributed by atoms with E-state index in [2.05, 4.69) is 19.2 Å². The molecule has 20 heavy (non-hydrogen) atoms. The zero-order valence-corrected chi connectivity index (χ0v) is 12.8. The average molecular weight is 279 g/mol. The van der Waals surface area contributed by atoms with Crippen LogP contribution in [-0.2, 0) is 4.79 Å². The molecular formula is C16H25NO3. The van der Waals surface area contributed by atoms with Crippen LogP contribution in [-0.4, -0.2) is 30.3 Å². The molecule has 0 saturated heterocycles. The summed E-state index contributed by atoms with van der Waals surface area (Å²) in [5, 5.41) is 12.0. The Morgan fingerprint density at radius 3 is 2.40 bits per heavy atom. The quantitative estimate of drug-likeness (QED) is 0.804. The van der Waals surface area contributed by atoms with E-state index < -0.39 is 0 Å². The van der Waals surface area contributed by atoms with E-state index in [0.717, 1.165) is 23.3 Å². The van der Waals surface area contributed by atoms with Crippen molar-refractivity contribution in [2.24, 2.45) is 5.92 Å². The summed E-state index contributed by atoms with van der Waals surface area (Å²) >= 11 is 0. The van der Waals surface area contributed by atoms with Crippen LogP contribution in [0.4, 0.5) is 0 Å². The second-order valence-electron chi connectivity index (χ2n) is 5.59. The molecule has 1 unspecified atom stereocenters. The molecule has 0 aliphatic heterocycles. The Bertz CT molecular complexity index is 423. The van der Waals surface area contributed by atoms with Crippen LogP contribution in [0.3, 0.4) is 0 Å². The van der Waals surface area contributed by atoms with Crippen molar-refractivity contribution in [3.8, 4) is 5.75 Å². The highest BCUT2D eigenvalue weighted by Crippen LogP contribution is 2.22. The predicted octanol–water partition coefficient (Wildman–Crippen LogP) is 2.21. The molecular weight excluding hydrogens is 254 g/mol. The van der Waals surface area contributed by atoms with E-state index in [1.807, 2.05) is 32.0 Å². The lowest BCUT2D eigenvalue weighted by atomic mass is 10.0. The van der Waals surface area contributed by atoms with Gasteiger partial charge in [0.1, 0.15) is 5.75 Å². The van der Waals surface area contributed by atoms with Gasteiger partial charge in [0.15, 0.2) is 6.61 Å². The van der Waals surface area contributed by atoms with Gasteiger partial charge < -0.3 is 15.2 Å². The van der Waals surface area contributed by atoms with Crippen LogP contribution in [0.1, 0.15) is 31.4 Å². The molecule has 0 spiro atoms. The normalized spacial score (nSPS) is 12.3. The molecule has 0 aliphatic carbocycles. The summed E-state index contributed by atoms with van der Waals surface area (Å²) in [6.07, 6.45) is 0.756. The van der Waals surface area contributed by atoms with E-state index in [0.29, 0.717) is 5.92 Å². The van der Waals surface area contributed by atoms with Crippen LogP contribution >= 0.6 is 0 Å². The number of ether oxygens (including phenoxy) is 1. The number of aliphatic hydroxyl groups is 1. The summed E-state index contributed by atoms with van der Waals surface area (Å²) in [5.74, 6) is 0.978. The van der Waals surface area contributed by atoms with Crippen molar-refractivity contribution in [1.82, 2.24) is 5.32 Å². The van der Waals surface area contributed by atoms with Gasteiger partial charge in [0.25, 0.3) is 5.91 Å². The zero-order valence-electron chi connectivity index (χ0n) is 12.8. The maximum Gasteiger partial charge on any atom is 0.258 e. The summed E-state index contributed by atoms with van der Waals surface area (Å²) < 4.78 is 5.59. The highest BCUT2D eigenvalue weighted by atomic mass is 16.5. The first kappa shape index (κ1) is 16.5. The summed E-state index contributed by atoms with van der Waals surface area (Å²) in [4.78, 5) is 11.8. The lowest BCUT2D eigenvalue weighted by Gasteiger charge is -2.19. The Hall–Kier alpha value is -1.55. The fraction of sp³-hybridized carbons (Fsp3) is 0.562. The molecule has 112 valence electrons. The number of carbonyl (C=O) groups excluding carboxylic acids is 1. The number of nitrogens with one attached hydrogen (secondary N) is 1. The monoisotopic (exact) mass is 279 g/mol. The number of hydrogen-bond acceptors (Lipinski definition) is 3. The minimum absolute atomic E-state index is 0.0275. The highest BCUT2D eigenvalue weighted by Gasteiger charge is 2.14. The van der Waals surface area contributed by atoms with Crippen LogP contribution in [0, 0.1) is 19.8 Å². The Kier molecular flexibility index (Phi) is 6.52. The van der Waals surface area contributed by atoms with Gasteiger partial charge in [-0.05, 0) is 37.3 Å². The molecule has 4 heteroatoms. The number of benzene rings is 1. The minimum atomic E-state index is -0.205. The van der Waals surface area contributed by atoms with Gasteiger partial charge in [0.05, 0.1) is 12.6 Å². The van der Waals surface area contributed by atoms with E-state index in [1.165, 1.54) is 0 Å². The maximum atomic E-state index is 11.8. The summed E-state index contributed by atoms with van der Waals surface area (Å²) in [6, 6.07) is 5.66. The van der Waals surface area contributed by atoms with E-state index in [9.17, 15) is 9.90 Å². The third-order valence-electron chi connectivity index (χ3n) is 3.10. The fourth-order valence-corrected chi connectivity index (χ4v) is 2.18. The molecule has 1 aromatic rings. The third kappa shape index (κ3) is 5.21. The standard InChI is InChI=1S/C16H25NO3/c1-11(2)8-14(9-18)17-15(19)10-20-16-12(3)6-5-7-13(16)4/h5-7,11,14,18H,8-10H2,1-4H3,(H,17,19). The molecule has 1 amide bonds. The van der Waals surface area contributed by atoms with E-state index in [1.54, 1.807) is 0 Å². The average Bonchev–Trinajstić information content (AvgIpc) is 2.36. The van der Waals surface area contributed by atoms with Crippen molar-refractivity contribution in [3.63, 3.8) is 0 Å². The first-order valence-corrected chi connectivity index (χ1v) is 7.03. The Morgan fingerprint density at radius 2 is 1.90 bits per heavy atom. The fourth-order valence-electron chi connectivity index (χ4n) is 2.18. The molecule has 1 rings (SSSR count). The third-order valence-corrected chi connectivity index (χ3v) is 3.10. The number of carbonyl (C=O) groups is 1. The number of aliphatic hydroxyl groups excluding tert-OH is 1. The van der Waals surface area contributed by atoms with Crippen LogP contribution < -0.4 is 10.1 Å². The summed E-state index contributed by atoms with van der Waals surface area (Å²) in [5.41, 5.74) is 2.03. The Morgan fingerprint density at radius 1 is 1.30 bits per heavy atom. The molecule has 0 aliphatic rings. The van der Waals surface area contributed by atoms with Gasteiger partial charge in [-0.2, -0.15) is 0 Å². The number of rotatable bonds is 7. The molecule has 0 aromatic heterocycles. The largest absolute Gasteiger partial charge is 0.483 e. The maximum absolute atomic E-state index is 11.8. The van der Waals surface area contributed by atoms with Crippen molar-refractivity contribution in [3.05, 3.63) is 29.3 Å². The van der Waals surface area contributed by atoms with Crippen LogP contribution in [0.15, 0.2) is 18.2 Å². The van der Waals surface area contributed by atoms with Gasteiger partial charge in [-0.3, -0.25) is 4.79 Å². The Balaban J connectivity index is 2.51. The van der Waals surface area contributed by atoms with Crippen molar-refractivity contribution in [2.45, 2.75) is 40.2 Å². The van der Waals surface area contributed by atoms with Gasteiger partial charge in [-0.15, -0.1) is 0 Å². The van der Waals surface area contributed by atoms with Gasteiger partial charge in [-0.1, -0.05) is 32.0 Å². The molecule has 0 fully saturated rings. The first-order valence-electron chi connectivity index (χ1n) is 7.03. The molecule has 0 heterocycles. The minimum Gasteiger partial charge on any atom is -0.483 e. The van der Waals surface area contributed by atoms with Crippen molar-refractivity contribution in [1.29, 1.82) is 0 Å². The lowest BCUT2D eigenvalue weighted by Crippen LogP contribution is -2.41. The van der Waals surface area contributed by atoms with Gasteiger partial charge >= 0.3 is 0 Å². The summed E-state index contributed by atoms with van der Waals surface area (Å²) in [6.45, 7) is 7.95. The SMILES string of the molecule is Cc1cccc(C)c1OCC(=O)NC(CO)CC(C)C. The topological polar surface area (TPSA) is 58.6 Å². The second kappa shape index (κ2) is 7.90. The van der Waals surface area contributed by atoms with Gasteiger partial charge in [-0.25, -0.2) is 0 Å². The molecule has 4 nitrogen and oxygen atoms in total. The second-order valence-corrected chi connectivity index (χ2v) is 5.59. The lowest BCUT2D eigenvalue weighted by molar-refractivity contribution is -0.124. The van der Waals surface area contributed by atoms with Crippen LogP contribution in [0.25, 0.3) is 0 Å². The highest BCUT2D eigenvalue weighted by molar-refractivity contribution is 5.78. The number of hydrogen-bond donors (Lipinski definition) is 2. The van der Waals surface area contributed by atoms with E-state index >= 15 is 0 Å². The number of para-hydroxylation sites is 1. The first-order chi connectivity index (χ1) is 9.43. The van der Waals surface area contributed by atoms with Crippen molar-refractivity contribution >= 4 is 5.91 Å². The molecule has 0 bridgehead atoms. The molecule has 2 N–H and O–H groups in total. The predicted molar refractivity (Wildman–Crippen MR) is 79.9 cm³/mol. The number of aryl methyl sites for hydroxylation is 2. The Labute approximate surface area is 121 Å². The van der Waals surface area contributed by atoms with E-state index in [-0.39, 0.29) is 25.2 Å². The van der Waals surface area contributed by atoms with Crippen LogP contribution in [0.2, 0.25) is 0 Å². The molecule has 0 saturated carbocycles. The zero-order chi connectivity index (χ0) is 15.1. The molecule has 0 radical (unpaired) electrons.